The molecule has 112 valence electrons. The second-order valence-electron chi connectivity index (χ2n) is 5.16. The minimum atomic E-state index is -4.09. The lowest BCUT2D eigenvalue weighted by molar-refractivity contribution is -0.187. The largest absolute Gasteiger partial charge is 0.393 e. The molecule has 0 aromatic carbocycles. The summed E-state index contributed by atoms with van der Waals surface area (Å²) < 4.78 is 38.3. The third-order valence-corrected chi connectivity index (χ3v) is 3.52. The van der Waals surface area contributed by atoms with Gasteiger partial charge in [-0.3, -0.25) is 4.90 Å². The van der Waals surface area contributed by atoms with Crippen LogP contribution in [0, 0.1) is 5.92 Å². The highest BCUT2D eigenvalue weighted by molar-refractivity contribution is 5.34. The zero-order chi connectivity index (χ0) is 14.6. The van der Waals surface area contributed by atoms with Gasteiger partial charge in [0.05, 0.1) is 11.6 Å². The van der Waals surface area contributed by atoms with Gasteiger partial charge in [0.25, 0.3) is 0 Å². The smallest absolute Gasteiger partial charge is 0.370 e. The van der Waals surface area contributed by atoms with Crippen molar-refractivity contribution in [1.29, 1.82) is 0 Å². The topological polar surface area (TPSA) is 28.2 Å². The van der Waals surface area contributed by atoms with E-state index in [4.69, 9.17) is 0 Å². The number of hydrogen-bond acceptors (Lipinski definition) is 3. The maximum Gasteiger partial charge on any atom is 0.393 e. The van der Waals surface area contributed by atoms with Crippen molar-refractivity contribution in [3.63, 3.8) is 0 Å². The second kappa shape index (κ2) is 6.43. The minimum absolute atomic E-state index is 0.0800. The number of likely N-dealkylation sites (tertiary alicyclic amines) is 1. The van der Waals surface area contributed by atoms with E-state index in [0.717, 1.165) is 18.1 Å². The van der Waals surface area contributed by atoms with E-state index in [1.165, 1.54) is 0 Å². The summed E-state index contributed by atoms with van der Waals surface area (Å²) in [5, 5.41) is 3.11. The van der Waals surface area contributed by atoms with E-state index >= 15 is 0 Å². The van der Waals surface area contributed by atoms with Crippen LogP contribution in [0.1, 0.15) is 25.5 Å². The Kier molecular flexibility index (Phi) is 4.86. The van der Waals surface area contributed by atoms with Gasteiger partial charge in [0, 0.05) is 19.6 Å². The van der Waals surface area contributed by atoms with Crippen LogP contribution in [0.15, 0.2) is 18.2 Å². The van der Waals surface area contributed by atoms with Gasteiger partial charge in [-0.1, -0.05) is 6.07 Å². The summed E-state index contributed by atoms with van der Waals surface area (Å²) in [5.41, 5.74) is 0.811. The first-order chi connectivity index (χ1) is 9.49. The zero-order valence-electron chi connectivity index (χ0n) is 11.6. The molecule has 0 spiro atoms. The van der Waals surface area contributed by atoms with E-state index in [1.807, 2.05) is 30.0 Å². The van der Waals surface area contributed by atoms with Crippen LogP contribution in [0.25, 0.3) is 0 Å². The highest BCUT2D eigenvalue weighted by Crippen LogP contribution is 2.33. The first-order valence-electron chi connectivity index (χ1n) is 6.98. The quantitative estimate of drug-likeness (QED) is 0.921. The van der Waals surface area contributed by atoms with Crippen molar-refractivity contribution < 1.29 is 13.2 Å². The standard InChI is InChI=1S/C14H20F3N3/c1-2-18-13-7-3-6-12(19-13)10-20-8-4-5-11(9-20)14(15,16)17/h3,6-7,11H,2,4-5,8-10H2,1H3,(H,18,19). The van der Waals surface area contributed by atoms with E-state index in [0.29, 0.717) is 19.5 Å². The molecular formula is C14H20F3N3. The van der Waals surface area contributed by atoms with E-state index in [2.05, 4.69) is 10.3 Å². The number of halogens is 3. The maximum atomic E-state index is 12.8. The van der Waals surface area contributed by atoms with Crippen molar-refractivity contribution in [2.75, 3.05) is 25.0 Å². The summed E-state index contributed by atoms with van der Waals surface area (Å²) in [7, 11) is 0. The van der Waals surface area contributed by atoms with Gasteiger partial charge in [0.1, 0.15) is 5.82 Å². The molecule has 1 unspecified atom stereocenters. The summed E-state index contributed by atoms with van der Waals surface area (Å²) in [6.45, 7) is 4.02. The predicted molar refractivity (Wildman–Crippen MR) is 72.5 cm³/mol. The van der Waals surface area contributed by atoms with Crippen molar-refractivity contribution in [2.24, 2.45) is 5.92 Å². The molecule has 2 heterocycles. The summed E-state index contributed by atoms with van der Waals surface area (Å²) in [4.78, 5) is 6.26. The van der Waals surface area contributed by atoms with Crippen molar-refractivity contribution >= 4 is 5.82 Å². The molecule has 1 N–H and O–H groups in total. The number of nitrogens with one attached hydrogen (secondary N) is 1. The van der Waals surface area contributed by atoms with Crippen LogP contribution in [-0.2, 0) is 6.54 Å². The first kappa shape index (κ1) is 15.1. The van der Waals surface area contributed by atoms with Crippen LogP contribution in [-0.4, -0.2) is 35.7 Å². The van der Waals surface area contributed by atoms with Crippen LogP contribution in [0.3, 0.4) is 0 Å². The third kappa shape index (κ3) is 4.10. The summed E-state index contributed by atoms with van der Waals surface area (Å²) in [6, 6.07) is 5.60. The Morgan fingerprint density at radius 2 is 2.20 bits per heavy atom. The maximum absolute atomic E-state index is 12.8. The Balaban J connectivity index is 1.97. The number of pyridine rings is 1. The van der Waals surface area contributed by atoms with Gasteiger partial charge >= 0.3 is 6.18 Å². The zero-order valence-corrected chi connectivity index (χ0v) is 11.6. The molecule has 1 fully saturated rings. The molecule has 0 aliphatic carbocycles. The summed E-state index contributed by atoms with van der Waals surface area (Å²) in [6.07, 6.45) is -3.25. The molecule has 0 bridgehead atoms. The van der Waals surface area contributed by atoms with Crippen LogP contribution >= 0.6 is 0 Å². The number of rotatable bonds is 4. The van der Waals surface area contributed by atoms with Crippen molar-refractivity contribution in [2.45, 2.75) is 32.5 Å². The number of anilines is 1. The Bertz CT molecular complexity index is 434. The van der Waals surface area contributed by atoms with Crippen LogP contribution in [0.4, 0.5) is 19.0 Å². The molecule has 0 radical (unpaired) electrons. The highest BCUT2D eigenvalue weighted by Gasteiger charge is 2.41. The monoisotopic (exact) mass is 287 g/mol. The van der Waals surface area contributed by atoms with E-state index in [1.54, 1.807) is 0 Å². The van der Waals surface area contributed by atoms with Crippen LogP contribution in [0.5, 0.6) is 0 Å². The molecule has 1 atom stereocenters. The number of piperidine rings is 1. The fourth-order valence-corrected chi connectivity index (χ4v) is 2.54. The Labute approximate surface area is 117 Å². The Morgan fingerprint density at radius 3 is 2.90 bits per heavy atom. The fourth-order valence-electron chi connectivity index (χ4n) is 2.54. The average Bonchev–Trinajstić information content (AvgIpc) is 2.39. The molecule has 20 heavy (non-hydrogen) atoms. The van der Waals surface area contributed by atoms with Gasteiger partial charge in [0.2, 0.25) is 0 Å². The lowest BCUT2D eigenvalue weighted by Gasteiger charge is -2.33. The predicted octanol–water partition coefficient (Wildman–Crippen LogP) is 3.29. The molecule has 1 aliphatic rings. The number of aromatic nitrogens is 1. The second-order valence-corrected chi connectivity index (χ2v) is 5.16. The van der Waals surface area contributed by atoms with Gasteiger partial charge in [-0.2, -0.15) is 13.2 Å². The number of nitrogens with zero attached hydrogens (tertiary/aromatic N) is 2. The fraction of sp³-hybridized carbons (Fsp3) is 0.643. The van der Waals surface area contributed by atoms with Crippen molar-refractivity contribution in [3.05, 3.63) is 23.9 Å². The Hall–Kier alpha value is -1.30. The van der Waals surface area contributed by atoms with Gasteiger partial charge < -0.3 is 5.32 Å². The Morgan fingerprint density at radius 1 is 1.40 bits per heavy atom. The first-order valence-corrected chi connectivity index (χ1v) is 6.98. The van der Waals surface area contributed by atoms with Crippen molar-refractivity contribution in [3.8, 4) is 0 Å². The molecule has 6 heteroatoms. The SMILES string of the molecule is CCNc1cccc(CN2CCCC(C(F)(F)F)C2)n1. The van der Waals surface area contributed by atoms with Gasteiger partial charge in [0.15, 0.2) is 0 Å². The molecule has 1 aromatic heterocycles. The van der Waals surface area contributed by atoms with E-state index in [9.17, 15) is 13.2 Å². The van der Waals surface area contributed by atoms with Gasteiger partial charge in [-0.15, -0.1) is 0 Å². The van der Waals surface area contributed by atoms with E-state index < -0.39 is 12.1 Å². The summed E-state index contributed by atoms with van der Waals surface area (Å²) in [5.74, 6) is -0.428. The lowest BCUT2D eigenvalue weighted by Crippen LogP contribution is -2.41. The molecule has 3 nitrogen and oxygen atoms in total. The van der Waals surface area contributed by atoms with Gasteiger partial charge in [-0.05, 0) is 38.4 Å². The molecule has 1 aliphatic heterocycles. The highest BCUT2D eigenvalue weighted by atomic mass is 19.4. The van der Waals surface area contributed by atoms with Crippen molar-refractivity contribution in [1.82, 2.24) is 9.88 Å². The third-order valence-electron chi connectivity index (χ3n) is 3.52. The molecule has 1 aromatic rings. The molecule has 1 saturated heterocycles. The summed E-state index contributed by atoms with van der Waals surface area (Å²) >= 11 is 0. The van der Waals surface area contributed by atoms with Gasteiger partial charge in [-0.25, -0.2) is 4.98 Å². The van der Waals surface area contributed by atoms with Crippen LogP contribution in [0.2, 0.25) is 0 Å². The molecule has 0 amide bonds. The lowest BCUT2D eigenvalue weighted by atomic mass is 9.97. The molecule has 0 saturated carbocycles. The number of hydrogen-bond donors (Lipinski definition) is 1. The molecule has 2 rings (SSSR count). The average molecular weight is 287 g/mol. The van der Waals surface area contributed by atoms with E-state index in [-0.39, 0.29) is 13.0 Å². The normalized spacial score (nSPS) is 20.9. The minimum Gasteiger partial charge on any atom is -0.370 e. The molecular weight excluding hydrogens is 267 g/mol. The number of alkyl halides is 3. The van der Waals surface area contributed by atoms with Crippen LogP contribution < -0.4 is 5.32 Å².